The van der Waals surface area contributed by atoms with E-state index in [1.165, 1.54) is 16.6 Å². The van der Waals surface area contributed by atoms with Crippen molar-refractivity contribution in [3.05, 3.63) is 47.5 Å². The first kappa shape index (κ1) is 14.4. The third-order valence-corrected chi connectivity index (χ3v) is 4.29. The topological polar surface area (TPSA) is 56.9 Å². The summed E-state index contributed by atoms with van der Waals surface area (Å²) in [4.78, 5) is 4.73. The summed E-state index contributed by atoms with van der Waals surface area (Å²) in [5.41, 5.74) is 4.68. The third-order valence-electron chi connectivity index (χ3n) is 4.29. The van der Waals surface area contributed by atoms with Gasteiger partial charge in [0.25, 0.3) is 0 Å². The molecule has 0 radical (unpaired) electrons. The molecule has 1 aliphatic rings. The van der Waals surface area contributed by atoms with Crippen molar-refractivity contribution in [2.75, 3.05) is 13.2 Å². The maximum Gasteiger partial charge on any atom is 0.136 e. The second-order valence-corrected chi connectivity index (χ2v) is 6.21. The molecule has 6 nitrogen and oxygen atoms in total. The lowest BCUT2D eigenvalue weighted by Gasteiger charge is -2.26. The first-order chi connectivity index (χ1) is 11.2. The van der Waals surface area contributed by atoms with Crippen LogP contribution in [0.1, 0.15) is 23.0 Å². The fourth-order valence-corrected chi connectivity index (χ4v) is 3.23. The van der Waals surface area contributed by atoms with Gasteiger partial charge in [-0.05, 0) is 24.6 Å². The average molecular weight is 311 g/mol. The molecule has 0 amide bonds. The molecule has 4 rings (SSSR count). The van der Waals surface area contributed by atoms with Crippen LogP contribution in [0.3, 0.4) is 0 Å². The summed E-state index contributed by atoms with van der Waals surface area (Å²) in [6.45, 7) is 5.06. The molecule has 0 saturated carbocycles. The van der Waals surface area contributed by atoms with Crippen molar-refractivity contribution in [1.29, 1.82) is 0 Å². The molecule has 3 heterocycles. The van der Waals surface area contributed by atoms with Gasteiger partial charge >= 0.3 is 0 Å². The van der Waals surface area contributed by atoms with E-state index in [0.717, 1.165) is 24.4 Å². The van der Waals surface area contributed by atoms with Crippen LogP contribution in [0.15, 0.2) is 30.6 Å². The van der Waals surface area contributed by atoms with Crippen molar-refractivity contribution in [1.82, 2.24) is 24.6 Å². The van der Waals surface area contributed by atoms with E-state index >= 15 is 0 Å². The van der Waals surface area contributed by atoms with E-state index in [2.05, 4.69) is 40.1 Å². The highest BCUT2D eigenvalue weighted by Crippen LogP contribution is 2.26. The van der Waals surface area contributed by atoms with Crippen molar-refractivity contribution in [2.24, 2.45) is 7.05 Å². The number of fused-ring (bicyclic) bond motifs is 3. The smallest absolute Gasteiger partial charge is 0.136 e. The quantitative estimate of drug-likeness (QED) is 0.800. The molecule has 2 aromatic heterocycles. The van der Waals surface area contributed by atoms with E-state index in [9.17, 15) is 0 Å². The van der Waals surface area contributed by atoms with Gasteiger partial charge in [0.15, 0.2) is 0 Å². The van der Waals surface area contributed by atoms with Gasteiger partial charge in [0.1, 0.15) is 12.4 Å². The van der Waals surface area contributed by atoms with Crippen LogP contribution >= 0.6 is 0 Å². The van der Waals surface area contributed by atoms with E-state index < -0.39 is 0 Å². The minimum Gasteiger partial charge on any atom is -0.371 e. The van der Waals surface area contributed by atoms with Crippen molar-refractivity contribution in [3.8, 4) is 0 Å². The first-order valence-electron chi connectivity index (χ1n) is 7.94. The van der Waals surface area contributed by atoms with Crippen molar-refractivity contribution in [3.63, 3.8) is 0 Å². The number of hydrogen-bond donors (Lipinski definition) is 1. The molecule has 23 heavy (non-hydrogen) atoms. The number of rotatable bonds is 4. The fraction of sp³-hybridized carbons (Fsp3) is 0.412. The zero-order valence-electron chi connectivity index (χ0n) is 13.5. The molecule has 1 aromatic carbocycles. The second kappa shape index (κ2) is 5.79. The largest absolute Gasteiger partial charge is 0.371 e. The lowest BCUT2D eigenvalue weighted by Crippen LogP contribution is -2.32. The van der Waals surface area contributed by atoms with Crippen molar-refractivity contribution in [2.45, 2.75) is 26.1 Å². The average Bonchev–Trinajstić information content (AvgIpc) is 3.10. The summed E-state index contributed by atoms with van der Waals surface area (Å²) >= 11 is 0. The Morgan fingerprint density at radius 3 is 3.13 bits per heavy atom. The van der Waals surface area contributed by atoms with Crippen molar-refractivity contribution >= 4 is 11.0 Å². The molecule has 3 aromatic rings. The normalized spacial score (nSPS) is 17.6. The zero-order chi connectivity index (χ0) is 15.8. The predicted octanol–water partition coefficient (Wildman–Crippen LogP) is 1.94. The molecular weight excluding hydrogens is 290 g/mol. The molecule has 0 spiro atoms. The van der Waals surface area contributed by atoms with Crippen LogP contribution < -0.4 is 5.32 Å². The van der Waals surface area contributed by atoms with Gasteiger partial charge in [-0.2, -0.15) is 5.10 Å². The molecule has 0 unspecified atom stereocenters. The molecule has 0 saturated heterocycles. The Morgan fingerprint density at radius 1 is 1.39 bits per heavy atom. The number of imidazole rings is 1. The van der Waals surface area contributed by atoms with Gasteiger partial charge in [-0.1, -0.05) is 6.07 Å². The third kappa shape index (κ3) is 2.75. The van der Waals surface area contributed by atoms with Gasteiger partial charge in [0, 0.05) is 31.9 Å². The Morgan fingerprint density at radius 2 is 2.30 bits per heavy atom. The second-order valence-electron chi connectivity index (χ2n) is 6.21. The molecule has 1 atom stereocenters. The fourth-order valence-electron chi connectivity index (χ4n) is 3.23. The van der Waals surface area contributed by atoms with Crippen LogP contribution in [0.2, 0.25) is 0 Å². The van der Waals surface area contributed by atoms with Crippen LogP contribution in [0.4, 0.5) is 0 Å². The maximum atomic E-state index is 5.74. The minimum atomic E-state index is 0.267. The van der Waals surface area contributed by atoms with Crippen LogP contribution in [-0.4, -0.2) is 32.5 Å². The van der Waals surface area contributed by atoms with Crippen LogP contribution in [0, 0.1) is 6.92 Å². The highest BCUT2D eigenvalue weighted by Gasteiger charge is 2.23. The van der Waals surface area contributed by atoms with E-state index in [1.807, 2.05) is 24.1 Å². The molecule has 120 valence electrons. The molecule has 0 aliphatic carbocycles. The summed E-state index contributed by atoms with van der Waals surface area (Å²) in [6.07, 6.45) is 3.93. The standard InChI is InChI=1S/C17H21N5O/c1-12-3-4-16-15(5-12)20-17-11-23-10-14(22(16)17)8-18-6-13-7-19-21(2)9-13/h3-5,7,9,14,18H,6,8,10-11H2,1-2H3/t14-/m0/s1. The van der Waals surface area contributed by atoms with E-state index in [4.69, 9.17) is 9.72 Å². The zero-order valence-corrected chi connectivity index (χ0v) is 13.5. The lowest BCUT2D eigenvalue weighted by atomic mass is 10.2. The van der Waals surface area contributed by atoms with Crippen molar-refractivity contribution < 1.29 is 4.74 Å². The summed E-state index contributed by atoms with van der Waals surface area (Å²) < 4.78 is 9.89. The number of nitrogens with one attached hydrogen (secondary N) is 1. The molecular formula is C17H21N5O. The Balaban J connectivity index is 1.54. The van der Waals surface area contributed by atoms with Gasteiger partial charge in [0.05, 0.1) is 29.9 Å². The van der Waals surface area contributed by atoms with E-state index in [-0.39, 0.29) is 6.04 Å². The highest BCUT2D eigenvalue weighted by molar-refractivity contribution is 5.77. The first-order valence-corrected chi connectivity index (χ1v) is 7.94. The van der Waals surface area contributed by atoms with E-state index in [0.29, 0.717) is 13.2 Å². The molecule has 0 fully saturated rings. The van der Waals surface area contributed by atoms with Gasteiger partial charge in [0.2, 0.25) is 0 Å². The molecule has 0 bridgehead atoms. The Kier molecular flexibility index (Phi) is 3.63. The number of aromatic nitrogens is 4. The van der Waals surface area contributed by atoms with Gasteiger partial charge in [-0.3, -0.25) is 4.68 Å². The summed E-state index contributed by atoms with van der Waals surface area (Å²) in [6, 6.07) is 6.72. The van der Waals surface area contributed by atoms with Crippen LogP contribution in [-0.2, 0) is 24.9 Å². The number of benzene rings is 1. The molecule has 6 heteroatoms. The Bertz CT molecular complexity index is 835. The Hall–Kier alpha value is -2.18. The SMILES string of the molecule is Cc1ccc2c(c1)nc1n2[C@@H](CNCc2cnn(C)c2)COC1. The van der Waals surface area contributed by atoms with Gasteiger partial charge in [-0.15, -0.1) is 0 Å². The van der Waals surface area contributed by atoms with Crippen LogP contribution in [0.25, 0.3) is 11.0 Å². The molecule has 1 N–H and O–H groups in total. The number of aryl methyl sites for hydroxylation is 2. The Labute approximate surface area is 135 Å². The summed E-state index contributed by atoms with van der Waals surface area (Å²) in [5.74, 6) is 1.02. The van der Waals surface area contributed by atoms with E-state index in [1.54, 1.807) is 0 Å². The lowest BCUT2D eigenvalue weighted by molar-refractivity contribution is 0.0564. The summed E-state index contributed by atoms with van der Waals surface area (Å²) in [7, 11) is 1.93. The molecule has 1 aliphatic heterocycles. The highest BCUT2D eigenvalue weighted by atomic mass is 16.5. The maximum absolute atomic E-state index is 5.74. The monoisotopic (exact) mass is 311 g/mol. The number of hydrogen-bond acceptors (Lipinski definition) is 4. The minimum absolute atomic E-state index is 0.267. The number of nitrogens with zero attached hydrogens (tertiary/aromatic N) is 4. The van der Waals surface area contributed by atoms with Gasteiger partial charge < -0.3 is 14.6 Å². The predicted molar refractivity (Wildman–Crippen MR) is 88.1 cm³/mol. The van der Waals surface area contributed by atoms with Crippen LogP contribution in [0.5, 0.6) is 0 Å². The summed E-state index contributed by atoms with van der Waals surface area (Å²) in [5, 5.41) is 7.71. The van der Waals surface area contributed by atoms with Gasteiger partial charge in [-0.25, -0.2) is 4.98 Å². The number of ether oxygens (including phenoxy) is 1.